The van der Waals surface area contributed by atoms with Crippen LogP contribution in [-0.4, -0.2) is 110 Å². The van der Waals surface area contributed by atoms with Crippen LogP contribution in [0.25, 0.3) is 22.5 Å². The van der Waals surface area contributed by atoms with Gasteiger partial charge in [0, 0.05) is 48.8 Å². The second-order valence-corrected chi connectivity index (χ2v) is 14.5. The highest BCUT2D eigenvalue weighted by atomic mass is 19.4. The van der Waals surface area contributed by atoms with Crippen molar-refractivity contribution in [3.63, 3.8) is 0 Å². The molecule has 0 bridgehead atoms. The Kier molecular flexibility index (Phi) is 17.7. The Morgan fingerprint density at radius 2 is 1.51 bits per heavy atom. The molecule has 1 fully saturated rings. The molecule has 1 aliphatic rings. The number of aliphatic carboxylic acids is 1. The van der Waals surface area contributed by atoms with E-state index in [4.69, 9.17) is 15.0 Å². The normalized spacial score (nSPS) is 15.5. The number of hydrogen-bond acceptors (Lipinski definition) is 9. The van der Waals surface area contributed by atoms with Crippen molar-refractivity contribution in [1.29, 1.82) is 0 Å². The number of amides is 4. The Morgan fingerprint density at radius 3 is 2.07 bits per heavy atom. The summed E-state index contributed by atoms with van der Waals surface area (Å²) in [6.45, 7) is 9.90. The number of carboxylic acid groups (broad SMARTS) is 2. The van der Waals surface area contributed by atoms with Crippen molar-refractivity contribution in [1.82, 2.24) is 41.5 Å². The molecule has 0 unspecified atom stereocenters. The zero-order valence-electron chi connectivity index (χ0n) is 34.2. The van der Waals surface area contributed by atoms with E-state index in [-0.39, 0.29) is 36.0 Å². The topological polar surface area (TPSA) is 232 Å². The predicted molar refractivity (Wildman–Crippen MR) is 220 cm³/mol. The maximum Gasteiger partial charge on any atom is 0.490 e. The van der Waals surface area contributed by atoms with E-state index in [9.17, 15) is 32.3 Å². The van der Waals surface area contributed by atoms with Gasteiger partial charge in [0.15, 0.2) is 0 Å². The van der Waals surface area contributed by atoms with Crippen LogP contribution in [0.3, 0.4) is 0 Å². The summed E-state index contributed by atoms with van der Waals surface area (Å²) in [4.78, 5) is 62.5. The van der Waals surface area contributed by atoms with Gasteiger partial charge in [0.1, 0.15) is 6.04 Å². The van der Waals surface area contributed by atoms with Crippen LogP contribution in [0.2, 0.25) is 0 Å². The molecule has 61 heavy (non-hydrogen) atoms. The van der Waals surface area contributed by atoms with Crippen molar-refractivity contribution >= 4 is 35.5 Å². The summed E-state index contributed by atoms with van der Waals surface area (Å²) in [5, 5.41) is 41.5. The van der Waals surface area contributed by atoms with Gasteiger partial charge >= 0.3 is 18.2 Å². The first-order valence-electron chi connectivity index (χ1n) is 20.1. The SMILES string of the molecule is CCc1ccc(C(=O)NCCN(CC)CC)cc1-c1ccc(C[C@H](NC(=O)[C@H]2CC[C@H](CNC(=O)O)CC2)C(=O)Nc2ccc(-c3nn[nH]n3)cc2)cc1.O=C(O)C(F)(F)F. The number of carboxylic acids is 1. The first-order valence-corrected chi connectivity index (χ1v) is 20.1. The number of likely N-dealkylation sites (N-methyl/N-ethyl adjacent to an activating group) is 1. The van der Waals surface area contributed by atoms with E-state index >= 15 is 0 Å². The highest BCUT2D eigenvalue weighted by Crippen LogP contribution is 2.30. The number of tetrazole rings is 1. The zero-order valence-corrected chi connectivity index (χ0v) is 34.2. The quantitative estimate of drug-likeness (QED) is 0.0697. The van der Waals surface area contributed by atoms with Crippen LogP contribution < -0.4 is 21.3 Å². The van der Waals surface area contributed by atoms with E-state index < -0.39 is 24.3 Å². The summed E-state index contributed by atoms with van der Waals surface area (Å²) in [7, 11) is 0. The smallest absolute Gasteiger partial charge is 0.475 e. The molecule has 1 heterocycles. The molecule has 7 N–H and O–H groups in total. The summed E-state index contributed by atoms with van der Waals surface area (Å²) in [6, 6.07) is 19.9. The van der Waals surface area contributed by atoms with Crippen LogP contribution >= 0.6 is 0 Å². The van der Waals surface area contributed by atoms with Crippen LogP contribution in [0.5, 0.6) is 0 Å². The Balaban J connectivity index is 0.00000107. The van der Waals surface area contributed by atoms with Crippen LogP contribution in [0.4, 0.5) is 23.7 Å². The number of nitrogens with zero attached hydrogens (tertiary/aromatic N) is 4. The number of rotatable bonds is 17. The van der Waals surface area contributed by atoms with Gasteiger partial charge in [-0.1, -0.05) is 51.1 Å². The van der Waals surface area contributed by atoms with E-state index in [1.54, 1.807) is 24.3 Å². The monoisotopic (exact) mass is 851 g/mol. The van der Waals surface area contributed by atoms with Crippen molar-refractivity contribution in [2.45, 2.75) is 71.5 Å². The highest BCUT2D eigenvalue weighted by Gasteiger charge is 2.38. The number of carbonyl (C=O) groups excluding carboxylic acids is 3. The van der Waals surface area contributed by atoms with E-state index in [1.165, 1.54) is 0 Å². The van der Waals surface area contributed by atoms with E-state index in [0.717, 1.165) is 66.7 Å². The molecule has 0 radical (unpaired) electrons. The Labute approximate surface area is 351 Å². The van der Waals surface area contributed by atoms with Gasteiger partial charge in [-0.2, -0.15) is 18.4 Å². The Bertz CT molecular complexity index is 2050. The van der Waals surface area contributed by atoms with E-state index in [1.807, 2.05) is 42.5 Å². The summed E-state index contributed by atoms with van der Waals surface area (Å²) >= 11 is 0. The molecule has 5 rings (SSSR count). The van der Waals surface area contributed by atoms with Crippen LogP contribution in [0.15, 0.2) is 66.7 Å². The third-order valence-electron chi connectivity index (χ3n) is 10.5. The number of carbonyl (C=O) groups is 5. The molecule has 4 aromatic rings. The van der Waals surface area contributed by atoms with Crippen molar-refractivity contribution in [3.05, 3.63) is 83.4 Å². The Hall–Kier alpha value is -6.37. The number of anilines is 1. The number of benzene rings is 3. The second kappa shape index (κ2) is 22.8. The summed E-state index contributed by atoms with van der Waals surface area (Å²) in [6.07, 6.45) is -2.40. The van der Waals surface area contributed by atoms with Gasteiger partial charge < -0.3 is 36.4 Å². The number of nitrogens with one attached hydrogen (secondary N) is 5. The van der Waals surface area contributed by atoms with E-state index in [0.29, 0.717) is 43.0 Å². The highest BCUT2D eigenvalue weighted by molar-refractivity contribution is 5.98. The average Bonchev–Trinajstić information content (AvgIpc) is 3.80. The van der Waals surface area contributed by atoms with E-state index in [2.05, 4.69) is 67.6 Å². The number of halogens is 3. The first-order chi connectivity index (χ1) is 29.1. The molecular formula is C42H52F3N9O7. The van der Waals surface area contributed by atoms with Gasteiger partial charge in [0.25, 0.3) is 5.91 Å². The summed E-state index contributed by atoms with van der Waals surface area (Å²) < 4.78 is 31.7. The lowest BCUT2D eigenvalue weighted by molar-refractivity contribution is -0.192. The van der Waals surface area contributed by atoms with Crippen LogP contribution in [0.1, 0.15) is 67.9 Å². The molecule has 1 saturated carbocycles. The van der Waals surface area contributed by atoms with Gasteiger partial charge in [-0.15, -0.1) is 10.2 Å². The number of aromatic amines is 1. The van der Waals surface area contributed by atoms with Crippen LogP contribution in [0, 0.1) is 11.8 Å². The van der Waals surface area contributed by atoms with Crippen molar-refractivity contribution < 1.29 is 47.4 Å². The van der Waals surface area contributed by atoms with Gasteiger partial charge in [-0.3, -0.25) is 14.4 Å². The lowest BCUT2D eigenvalue weighted by Crippen LogP contribution is -2.48. The molecule has 16 nitrogen and oxygen atoms in total. The van der Waals surface area contributed by atoms with Crippen molar-refractivity contribution in [2.24, 2.45) is 11.8 Å². The lowest BCUT2D eigenvalue weighted by atomic mass is 9.81. The number of H-pyrrole nitrogens is 1. The number of aryl methyl sites for hydroxylation is 1. The third kappa shape index (κ3) is 14.7. The maximum atomic E-state index is 13.8. The lowest BCUT2D eigenvalue weighted by Gasteiger charge is -2.29. The zero-order chi connectivity index (χ0) is 44.5. The molecule has 0 aliphatic heterocycles. The maximum absolute atomic E-state index is 13.8. The van der Waals surface area contributed by atoms with Gasteiger partial charge in [0.05, 0.1) is 0 Å². The van der Waals surface area contributed by atoms with Gasteiger partial charge in [-0.05, 0) is 115 Å². The minimum absolute atomic E-state index is 0.109. The second-order valence-electron chi connectivity index (χ2n) is 14.5. The summed E-state index contributed by atoms with van der Waals surface area (Å²) in [5.74, 6) is -3.07. The number of alkyl halides is 3. The van der Waals surface area contributed by atoms with Crippen LogP contribution in [-0.2, 0) is 27.2 Å². The number of hydrogen-bond donors (Lipinski definition) is 7. The fourth-order valence-corrected chi connectivity index (χ4v) is 6.90. The molecule has 19 heteroatoms. The minimum Gasteiger partial charge on any atom is -0.475 e. The standard InChI is InChI=1S/C40H51N9O5.C2HF3O2/c1-4-28-15-16-32(37(50)41-21-22-49(5-2)6-3)24-34(28)29-11-7-26(8-12-29)23-35(44-38(51)31-13-9-27(10-14-31)25-42-40(53)54)39(52)43-33-19-17-30(18-20-33)36-45-47-48-46-36;3-2(4,5)1(6)7/h7-8,11-12,15-20,24,27,31,35,42H,4-6,9-10,13-14,21-23,25H2,1-3H3,(H,41,50)(H,43,52)(H,44,51)(H,53,54)(H,45,46,47,48);(H,6,7)/t27-,31-,35-;/m0./s1. The number of aromatic nitrogens is 4. The largest absolute Gasteiger partial charge is 0.490 e. The third-order valence-corrected chi connectivity index (χ3v) is 10.5. The molecule has 328 valence electrons. The predicted octanol–water partition coefficient (Wildman–Crippen LogP) is 5.54. The molecule has 1 aliphatic carbocycles. The first kappa shape index (κ1) is 47.3. The molecule has 4 amide bonds. The molecular weight excluding hydrogens is 800 g/mol. The molecule has 1 aromatic heterocycles. The summed E-state index contributed by atoms with van der Waals surface area (Å²) in [5.41, 5.74) is 5.79. The van der Waals surface area contributed by atoms with Gasteiger partial charge in [-0.25, -0.2) is 9.59 Å². The average molecular weight is 852 g/mol. The molecule has 3 aromatic carbocycles. The molecule has 0 saturated heterocycles. The minimum atomic E-state index is -5.08. The fourth-order valence-electron chi connectivity index (χ4n) is 6.90. The molecule has 1 atom stereocenters. The Morgan fingerprint density at radius 1 is 0.869 bits per heavy atom. The molecule has 0 spiro atoms. The van der Waals surface area contributed by atoms with Crippen molar-refractivity contribution in [3.8, 4) is 22.5 Å². The van der Waals surface area contributed by atoms with Crippen molar-refractivity contribution in [2.75, 3.05) is 38.0 Å². The van der Waals surface area contributed by atoms with Gasteiger partial charge in [0.2, 0.25) is 17.6 Å². The fraction of sp³-hybridized carbons (Fsp3) is 0.429.